The van der Waals surface area contributed by atoms with Gasteiger partial charge in [-0.3, -0.25) is 4.79 Å². The maximum atomic E-state index is 12.6. The number of carbonyl (C=O) groups is 1. The zero-order valence-corrected chi connectivity index (χ0v) is 14.0. The van der Waals surface area contributed by atoms with Gasteiger partial charge in [0.25, 0.3) is 0 Å². The molecule has 0 spiro atoms. The molecule has 0 saturated carbocycles. The molecule has 0 aliphatic carbocycles. The molecule has 0 unspecified atom stereocenters. The third-order valence-corrected chi connectivity index (χ3v) is 4.57. The Kier molecular flexibility index (Phi) is 3.90. The van der Waals surface area contributed by atoms with Crippen LogP contribution in [-0.4, -0.2) is 16.8 Å². The van der Waals surface area contributed by atoms with Crippen LogP contribution in [0.4, 0.5) is 5.69 Å². The van der Waals surface area contributed by atoms with Gasteiger partial charge in [0.05, 0.1) is 0 Å². The number of rotatable bonds is 1. The van der Waals surface area contributed by atoms with Crippen molar-refractivity contribution in [1.82, 2.24) is 0 Å². The number of alkyl halides is 1. The summed E-state index contributed by atoms with van der Waals surface area (Å²) in [5.41, 5.74) is 4.59. The second-order valence-electron chi connectivity index (χ2n) is 6.70. The molecule has 0 saturated heterocycles. The molecule has 0 radical (unpaired) electrons. The maximum absolute atomic E-state index is 12.6. The minimum Gasteiger partial charge on any atom is -0.305 e. The van der Waals surface area contributed by atoms with Crippen molar-refractivity contribution < 1.29 is 4.79 Å². The van der Waals surface area contributed by atoms with Crippen molar-refractivity contribution in [3.8, 4) is 0 Å². The Labute approximate surface area is 127 Å². The third-order valence-electron chi connectivity index (χ3n) is 4.39. The minimum absolute atomic E-state index is 0.00642. The van der Waals surface area contributed by atoms with Gasteiger partial charge in [0.2, 0.25) is 5.91 Å². The summed E-state index contributed by atoms with van der Waals surface area (Å²) in [4.78, 5) is 14.5. The molecule has 20 heavy (non-hydrogen) atoms. The van der Waals surface area contributed by atoms with Crippen molar-refractivity contribution >= 4 is 23.2 Å². The van der Waals surface area contributed by atoms with Gasteiger partial charge >= 0.3 is 0 Å². The lowest BCUT2D eigenvalue weighted by atomic mass is 9.79. The molecule has 1 amide bonds. The Morgan fingerprint density at radius 1 is 1.35 bits per heavy atom. The monoisotopic (exact) mass is 293 g/mol. The van der Waals surface area contributed by atoms with Crippen LogP contribution in [0.5, 0.6) is 0 Å². The van der Waals surface area contributed by atoms with Gasteiger partial charge in [0, 0.05) is 11.2 Å². The summed E-state index contributed by atoms with van der Waals surface area (Å²) >= 11 is 6.07. The van der Waals surface area contributed by atoms with Gasteiger partial charge in [-0.1, -0.05) is 13.0 Å². The average Bonchev–Trinajstić information content (AvgIpc) is 2.30. The average molecular weight is 294 g/mol. The number of fused-ring (bicyclic) bond motifs is 1. The molecule has 0 N–H and O–H groups in total. The predicted octanol–water partition coefficient (Wildman–Crippen LogP) is 4.55. The first-order valence-corrected chi connectivity index (χ1v) is 7.68. The fourth-order valence-corrected chi connectivity index (χ4v) is 3.38. The number of hydrogen-bond donors (Lipinski definition) is 0. The van der Waals surface area contributed by atoms with E-state index in [2.05, 4.69) is 46.8 Å². The highest BCUT2D eigenvalue weighted by atomic mass is 35.5. The van der Waals surface area contributed by atoms with Gasteiger partial charge in [-0.25, -0.2) is 0 Å². The number of nitrogens with zero attached hydrogens (tertiary/aromatic N) is 1. The topological polar surface area (TPSA) is 20.3 Å². The molecule has 0 bridgehead atoms. The van der Waals surface area contributed by atoms with Gasteiger partial charge < -0.3 is 4.90 Å². The van der Waals surface area contributed by atoms with E-state index in [1.54, 1.807) is 6.92 Å². The van der Waals surface area contributed by atoms with Crippen LogP contribution >= 0.6 is 11.6 Å². The van der Waals surface area contributed by atoms with E-state index in [9.17, 15) is 4.79 Å². The Balaban J connectivity index is 2.65. The van der Waals surface area contributed by atoms with Crippen molar-refractivity contribution in [1.29, 1.82) is 0 Å². The van der Waals surface area contributed by atoms with Crippen molar-refractivity contribution in [2.75, 3.05) is 4.90 Å². The predicted molar refractivity (Wildman–Crippen MR) is 85.8 cm³/mol. The molecule has 2 nitrogen and oxygen atoms in total. The smallest absolute Gasteiger partial charge is 0.245 e. The summed E-state index contributed by atoms with van der Waals surface area (Å²) in [5.74, 6) is 0.446. The molecule has 0 aromatic heterocycles. The first-order valence-electron chi connectivity index (χ1n) is 7.24. The molecule has 110 valence electrons. The second kappa shape index (κ2) is 5.07. The quantitative estimate of drug-likeness (QED) is 0.696. The summed E-state index contributed by atoms with van der Waals surface area (Å²) in [5, 5.41) is -0.503. The summed E-state index contributed by atoms with van der Waals surface area (Å²) in [6.45, 7) is 12.4. The summed E-state index contributed by atoms with van der Waals surface area (Å²) in [6.07, 6.45) is 0.956. The molecule has 1 aromatic rings. The van der Waals surface area contributed by atoms with E-state index < -0.39 is 5.38 Å². The number of anilines is 1. The van der Waals surface area contributed by atoms with Gasteiger partial charge in [0.15, 0.2) is 0 Å². The third kappa shape index (κ3) is 2.46. The standard InChI is InChI=1S/C17H24ClNO/c1-10-7-14-12(3)9-17(5,6)19(16(20)13(4)18)15(14)8-11(10)2/h7-8,12-13H,9H2,1-6H3/t12-,13+/m1/s1. The van der Waals surface area contributed by atoms with Gasteiger partial charge in [0.1, 0.15) is 5.38 Å². The number of carbonyl (C=O) groups excluding carboxylic acids is 1. The molecular formula is C17H24ClNO. The van der Waals surface area contributed by atoms with Crippen LogP contribution in [0.25, 0.3) is 0 Å². The molecule has 2 rings (SSSR count). The molecule has 1 aliphatic rings. The van der Waals surface area contributed by atoms with Crippen LogP contribution in [0.15, 0.2) is 12.1 Å². The van der Waals surface area contributed by atoms with Crippen LogP contribution in [0, 0.1) is 13.8 Å². The lowest BCUT2D eigenvalue weighted by molar-refractivity contribution is -0.119. The van der Waals surface area contributed by atoms with Gasteiger partial charge in [-0.05, 0) is 69.7 Å². The molecular weight excluding hydrogens is 270 g/mol. The lowest BCUT2D eigenvalue weighted by Crippen LogP contribution is -2.53. The molecule has 1 aliphatic heterocycles. The second-order valence-corrected chi connectivity index (χ2v) is 7.36. The van der Waals surface area contributed by atoms with Crippen LogP contribution < -0.4 is 4.90 Å². The number of aryl methyl sites for hydroxylation is 2. The van der Waals surface area contributed by atoms with Crippen LogP contribution in [0.2, 0.25) is 0 Å². The molecule has 1 aromatic carbocycles. The number of amides is 1. The Morgan fingerprint density at radius 2 is 1.90 bits per heavy atom. The Bertz CT molecular complexity index is 548. The van der Waals surface area contributed by atoms with E-state index in [0.29, 0.717) is 5.92 Å². The van der Waals surface area contributed by atoms with Crippen molar-refractivity contribution in [2.24, 2.45) is 0 Å². The SMILES string of the molecule is Cc1cc2c(cc1C)N(C(=O)[C@H](C)Cl)C(C)(C)C[C@H]2C. The fourth-order valence-electron chi connectivity index (χ4n) is 3.28. The fraction of sp³-hybridized carbons (Fsp3) is 0.588. The summed E-state index contributed by atoms with van der Waals surface area (Å²) < 4.78 is 0. The van der Waals surface area contributed by atoms with Crippen molar-refractivity contribution in [3.05, 3.63) is 28.8 Å². The van der Waals surface area contributed by atoms with Crippen molar-refractivity contribution in [2.45, 2.75) is 64.8 Å². The normalized spacial score (nSPS) is 22.4. The maximum Gasteiger partial charge on any atom is 0.245 e. The number of halogens is 1. The molecule has 1 heterocycles. The van der Waals surface area contributed by atoms with E-state index in [-0.39, 0.29) is 11.4 Å². The molecule has 3 heteroatoms. The Hall–Kier alpha value is -1.02. The first-order chi connectivity index (χ1) is 9.15. The summed E-state index contributed by atoms with van der Waals surface area (Å²) in [6, 6.07) is 4.36. The van der Waals surface area contributed by atoms with Crippen LogP contribution in [0.3, 0.4) is 0 Å². The van der Waals surface area contributed by atoms with E-state index in [4.69, 9.17) is 11.6 Å². The largest absolute Gasteiger partial charge is 0.305 e. The molecule has 2 atom stereocenters. The van der Waals surface area contributed by atoms with Crippen LogP contribution in [0.1, 0.15) is 56.7 Å². The van der Waals surface area contributed by atoms with E-state index in [0.717, 1.165) is 12.1 Å². The highest BCUT2D eigenvalue weighted by Crippen LogP contribution is 2.44. The highest BCUT2D eigenvalue weighted by molar-refractivity contribution is 6.32. The zero-order valence-electron chi connectivity index (χ0n) is 13.2. The zero-order chi connectivity index (χ0) is 15.2. The Morgan fingerprint density at radius 3 is 2.45 bits per heavy atom. The van der Waals surface area contributed by atoms with E-state index in [1.165, 1.54) is 16.7 Å². The number of benzene rings is 1. The minimum atomic E-state index is -0.503. The lowest BCUT2D eigenvalue weighted by Gasteiger charge is -2.46. The van der Waals surface area contributed by atoms with E-state index >= 15 is 0 Å². The summed E-state index contributed by atoms with van der Waals surface area (Å²) in [7, 11) is 0. The first kappa shape index (κ1) is 15.4. The van der Waals surface area contributed by atoms with Gasteiger partial charge in [-0.2, -0.15) is 0 Å². The van der Waals surface area contributed by atoms with Gasteiger partial charge in [-0.15, -0.1) is 11.6 Å². The highest BCUT2D eigenvalue weighted by Gasteiger charge is 2.41. The molecule has 0 fully saturated rings. The van der Waals surface area contributed by atoms with Crippen LogP contribution in [-0.2, 0) is 4.79 Å². The number of hydrogen-bond acceptors (Lipinski definition) is 1. The van der Waals surface area contributed by atoms with Crippen molar-refractivity contribution in [3.63, 3.8) is 0 Å². The van der Waals surface area contributed by atoms with E-state index in [1.807, 2.05) is 4.90 Å².